The van der Waals surface area contributed by atoms with Crippen LogP contribution in [0.3, 0.4) is 0 Å². The van der Waals surface area contributed by atoms with Crippen LogP contribution in [0, 0.1) is 11.8 Å². The van der Waals surface area contributed by atoms with Crippen molar-refractivity contribution in [2.75, 3.05) is 20.3 Å². The predicted octanol–water partition coefficient (Wildman–Crippen LogP) is 3.46. The summed E-state index contributed by atoms with van der Waals surface area (Å²) in [5, 5.41) is 2.60. The molecule has 2 aliphatic rings. The molecule has 1 aliphatic carbocycles. The van der Waals surface area contributed by atoms with E-state index in [-0.39, 0.29) is 30.4 Å². The second-order valence-electron chi connectivity index (χ2n) is 11.6. The molecule has 5 rings (SSSR count). The smallest absolute Gasteiger partial charge is 0.407 e. The van der Waals surface area contributed by atoms with Gasteiger partial charge in [0.15, 0.2) is 24.6 Å². The number of rotatable bonds is 10. The number of benzene rings is 3. The molecule has 14 nitrogen and oxygen atoms in total. The van der Waals surface area contributed by atoms with Crippen LogP contribution in [0.5, 0.6) is 5.75 Å². The molecule has 14 heteroatoms. The van der Waals surface area contributed by atoms with Gasteiger partial charge in [-0.15, -0.1) is 0 Å². The summed E-state index contributed by atoms with van der Waals surface area (Å²) >= 11 is 0. The molecule has 0 aromatic heterocycles. The summed E-state index contributed by atoms with van der Waals surface area (Å²) in [5.74, 6) is 1.86. The first-order valence-corrected chi connectivity index (χ1v) is 16.1. The van der Waals surface area contributed by atoms with Crippen LogP contribution in [0.25, 0.3) is 11.1 Å². The number of amides is 1. The van der Waals surface area contributed by atoms with Gasteiger partial charge in [-0.2, -0.15) is 0 Å². The van der Waals surface area contributed by atoms with Crippen LogP contribution >= 0.6 is 0 Å². The third kappa shape index (κ3) is 8.56. The average molecular weight is 714 g/mol. The lowest BCUT2D eigenvalue weighted by atomic mass is 9.97. The van der Waals surface area contributed by atoms with Gasteiger partial charge < -0.3 is 38.5 Å². The molecule has 3 aromatic rings. The topological polar surface area (TPSA) is 179 Å². The molecule has 0 bridgehead atoms. The average Bonchev–Trinajstić information content (AvgIpc) is 3.44. The largest absolute Gasteiger partial charge is 0.467 e. The fourth-order valence-corrected chi connectivity index (χ4v) is 6.02. The third-order valence-corrected chi connectivity index (χ3v) is 8.12. The summed E-state index contributed by atoms with van der Waals surface area (Å²) in [6.45, 7) is 3.24. The molecule has 52 heavy (non-hydrogen) atoms. The third-order valence-electron chi connectivity index (χ3n) is 8.12. The number of fused-ring (bicyclic) bond motifs is 3. The lowest BCUT2D eigenvalue weighted by Crippen LogP contribution is -2.64. The number of esters is 4. The zero-order valence-electron chi connectivity index (χ0n) is 28.6. The Morgan fingerprint density at radius 3 is 2.00 bits per heavy atom. The number of carbonyl (C=O) groups is 6. The first-order chi connectivity index (χ1) is 25.0. The van der Waals surface area contributed by atoms with E-state index in [0.717, 1.165) is 50.1 Å². The van der Waals surface area contributed by atoms with Gasteiger partial charge >= 0.3 is 30.0 Å². The lowest BCUT2D eigenvalue weighted by molar-refractivity contribution is -0.282. The summed E-state index contributed by atoms with van der Waals surface area (Å²) in [6.07, 6.45) is -8.30. The van der Waals surface area contributed by atoms with Gasteiger partial charge in [0.05, 0.1) is 19.2 Å². The maximum atomic E-state index is 12.7. The monoisotopic (exact) mass is 713 g/mol. The van der Waals surface area contributed by atoms with Crippen molar-refractivity contribution < 1.29 is 61.9 Å². The van der Waals surface area contributed by atoms with Gasteiger partial charge in [-0.1, -0.05) is 60.4 Å². The van der Waals surface area contributed by atoms with Gasteiger partial charge in [-0.05, 0) is 40.5 Å². The van der Waals surface area contributed by atoms with Crippen molar-refractivity contribution in [2.24, 2.45) is 0 Å². The Labute approximate surface area is 298 Å². The van der Waals surface area contributed by atoms with E-state index >= 15 is 0 Å². The molecule has 1 saturated heterocycles. The second-order valence-corrected chi connectivity index (χ2v) is 11.6. The molecule has 1 amide bonds. The number of hydrogen-bond acceptors (Lipinski definition) is 13. The van der Waals surface area contributed by atoms with E-state index < -0.39 is 60.7 Å². The van der Waals surface area contributed by atoms with Crippen molar-refractivity contribution in [3.8, 4) is 28.7 Å². The Hall–Kier alpha value is -6.20. The summed E-state index contributed by atoms with van der Waals surface area (Å²) < 4.78 is 38.1. The van der Waals surface area contributed by atoms with E-state index in [2.05, 4.69) is 17.2 Å². The van der Waals surface area contributed by atoms with E-state index in [0.29, 0.717) is 11.8 Å². The van der Waals surface area contributed by atoms with E-state index in [1.807, 2.05) is 48.5 Å². The van der Waals surface area contributed by atoms with Crippen LogP contribution in [0.15, 0.2) is 66.7 Å². The second kappa shape index (κ2) is 16.7. The van der Waals surface area contributed by atoms with Crippen LogP contribution in [0.4, 0.5) is 4.79 Å². The van der Waals surface area contributed by atoms with E-state index in [1.165, 1.54) is 18.2 Å². The minimum atomic E-state index is -1.69. The molecule has 0 spiro atoms. The molecule has 3 aromatic carbocycles. The Balaban J connectivity index is 1.29. The highest BCUT2D eigenvalue weighted by molar-refractivity contribution is 5.81. The highest BCUT2D eigenvalue weighted by Crippen LogP contribution is 2.44. The van der Waals surface area contributed by atoms with Gasteiger partial charge in [0.1, 0.15) is 12.4 Å². The molecule has 1 aliphatic heterocycles. The standard InChI is InChI=1S/C38H35NO13/c1-21(41)48-32-33(49-22(2)42)35(50-23(3)43)37(52-34(32)36(44)46-4)51-31-18-24(15-16-25(31)19-40)10-9-17-39-38(45)47-20-30-28-13-7-5-11-26(28)27-12-6-8-14-29(27)30/h5-8,11-16,18-19,30,32-35,37H,17,20H2,1-4H3,(H,39,45)/t32-,33-,34-,35+,37?/m0/s1. The van der Waals surface area contributed by atoms with Crippen LogP contribution < -0.4 is 10.1 Å². The molecule has 1 N–H and O–H groups in total. The van der Waals surface area contributed by atoms with E-state index in [1.54, 1.807) is 0 Å². The highest BCUT2D eigenvalue weighted by atomic mass is 16.7. The summed E-state index contributed by atoms with van der Waals surface area (Å²) in [6, 6.07) is 20.3. The van der Waals surface area contributed by atoms with E-state index in [9.17, 15) is 28.8 Å². The molecule has 1 unspecified atom stereocenters. The first kappa shape index (κ1) is 37.1. The maximum Gasteiger partial charge on any atom is 0.407 e. The Bertz CT molecular complexity index is 1880. The number of carbonyl (C=O) groups excluding carboxylic acids is 6. The quantitative estimate of drug-likeness (QED) is 0.140. The van der Waals surface area contributed by atoms with Gasteiger partial charge in [0, 0.05) is 32.3 Å². The van der Waals surface area contributed by atoms with Crippen LogP contribution in [-0.4, -0.2) is 87.2 Å². The number of alkyl carbamates (subject to hydrolysis) is 1. The first-order valence-electron chi connectivity index (χ1n) is 16.1. The molecule has 0 radical (unpaired) electrons. The molecule has 0 saturated carbocycles. The summed E-state index contributed by atoms with van der Waals surface area (Å²) in [4.78, 5) is 73.4. The van der Waals surface area contributed by atoms with Crippen LogP contribution in [0.2, 0.25) is 0 Å². The number of hydrogen-bond donors (Lipinski definition) is 1. The summed E-state index contributed by atoms with van der Waals surface area (Å²) in [7, 11) is 1.06. The van der Waals surface area contributed by atoms with Gasteiger partial charge in [0.2, 0.25) is 12.4 Å². The molecule has 1 heterocycles. The fourth-order valence-electron chi connectivity index (χ4n) is 6.02. The number of aldehydes is 1. The minimum Gasteiger partial charge on any atom is -0.467 e. The van der Waals surface area contributed by atoms with Crippen molar-refractivity contribution in [3.63, 3.8) is 0 Å². The molecular weight excluding hydrogens is 678 g/mol. The van der Waals surface area contributed by atoms with Crippen molar-refractivity contribution >= 4 is 36.3 Å². The van der Waals surface area contributed by atoms with Crippen molar-refractivity contribution in [2.45, 2.75) is 57.4 Å². The van der Waals surface area contributed by atoms with Crippen LogP contribution in [0.1, 0.15) is 53.7 Å². The molecule has 5 atom stereocenters. The highest BCUT2D eigenvalue weighted by Gasteiger charge is 2.56. The predicted molar refractivity (Wildman–Crippen MR) is 180 cm³/mol. The van der Waals surface area contributed by atoms with Gasteiger partial charge in [-0.25, -0.2) is 9.59 Å². The molecular formula is C38H35NO13. The van der Waals surface area contributed by atoms with Gasteiger partial charge in [-0.3, -0.25) is 19.2 Å². The van der Waals surface area contributed by atoms with E-state index in [4.69, 9.17) is 33.2 Å². The Kier molecular flexibility index (Phi) is 11.9. The van der Waals surface area contributed by atoms with Crippen molar-refractivity contribution in [3.05, 3.63) is 89.0 Å². The lowest BCUT2D eigenvalue weighted by Gasteiger charge is -2.43. The van der Waals surface area contributed by atoms with Crippen molar-refractivity contribution in [1.82, 2.24) is 5.32 Å². The zero-order valence-corrected chi connectivity index (χ0v) is 28.6. The van der Waals surface area contributed by atoms with Crippen molar-refractivity contribution in [1.29, 1.82) is 0 Å². The number of ether oxygens (including phenoxy) is 7. The number of nitrogens with one attached hydrogen (secondary N) is 1. The summed E-state index contributed by atoms with van der Waals surface area (Å²) in [5.41, 5.74) is 4.74. The van der Waals surface area contributed by atoms with Crippen LogP contribution in [-0.2, 0) is 47.6 Å². The fraction of sp³-hybridized carbons (Fsp3) is 0.316. The number of methoxy groups -OCH3 is 1. The SMILES string of the molecule is COC(=O)[C@H]1OC(Oc2cc(C#CCNC(=O)OCC3c4ccccc4-c4ccccc43)ccc2C=O)[C@H](OC(C)=O)[C@@H](OC(C)=O)[C@@H]1OC(C)=O. The molecule has 270 valence electrons. The molecule has 1 fully saturated rings. The maximum absolute atomic E-state index is 12.7. The normalized spacial score (nSPS) is 20.0. The van der Waals surface area contributed by atoms with Gasteiger partial charge in [0.25, 0.3) is 0 Å². The zero-order chi connectivity index (χ0) is 37.4. The minimum absolute atomic E-state index is 0.0215. The Morgan fingerprint density at radius 2 is 1.40 bits per heavy atom. The Morgan fingerprint density at radius 1 is 0.808 bits per heavy atom.